The molecular formula is C23H25F3N+. The van der Waals surface area contributed by atoms with Gasteiger partial charge in [0.2, 0.25) is 11.2 Å². The lowest BCUT2D eigenvalue weighted by molar-refractivity contribution is -0.633. The van der Waals surface area contributed by atoms with E-state index in [1.807, 2.05) is 37.4 Å². The molecule has 0 amide bonds. The lowest BCUT2D eigenvalue weighted by Gasteiger charge is -2.27. The third kappa shape index (κ3) is 3.71. The minimum atomic E-state index is -4.22. The van der Waals surface area contributed by atoms with Crippen LogP contribution in [0.3, 0.4) is 0 Å². The molecule has 0 N–H and O–H groups in total. The van der Waals surface area contributed by atoms with E-state index in [0.29, 0.717) is 5.56 Å². The molecule has 142 valence electrons. The number of nitrogens with zero attached hydrogens (tertiary/aromatic N) is 1. The number of alkyl halides is 3. The van der Waals surface area contributed by atoms with Crippen LogP contribution >= 0.6 is 0 Å². The van der Waals surface area contributed by atoms with Crippen LogP contribution in [-0.2, 0) is 13.5 Å². The molecule has 1 heterocycles. The predicted molar refractivity (Wildman–Crippen MR) is 104 cm³/mol. The second-order valence-electron chi connectivity index (χ2n) is 8.05. The van der Waals surface area contributed by atoms with Crippen LogP contribution in [0.15, 0.2) is 48.5 Å². The minimum Gasteiger partial charge on any atom is -0.194 e. The van der Waals surface area contributed by atoms with Gasteiger partial charge in [0, 0.05) is 23.1 Å². The topological polar surface area (TPSA) is 3.88 Å². The zero-order valence-electron chi connectivity index (χ0n) is 16.4. The number of hydrogen-bond acceptors (Lipinski definition) is 0. The first-order chi connectivity index (χ1) is 12.5. The Labute approximate surface area is 158 Å². The largest absolute Gasteiger partial charge is 0.394 e. The molecule has 1 nitrogen and oxygen atoms in total. The van der Waals surface area contributed by atoms with E-state index >= 15 is 0 Å². The summed E-state index contributed by atoms with van der Waals surface area (Å²) in [4.78, 5) is 0. The Bertz CT molecular complexity index is 1000. The highest BCUT2D eigenvalue weighted by Gasteiger charge is 2.47. The molecule has 0 spiro atoms. The van der Waals surface area contributed by atoms with E-state index in [1.165, 1.54) is 30.5 Å². The van der Waals surface area contributed by atoms with Gasteiger partial charge in [0.1, 0.15) is 7.05 Å². The Morgan fingerprint density at radius 2 is 1.59 bits per heavy atom. The molecule has 3 aromatic rings. The Hall–Kier alpha value is -2.36. The van der Waals surface area contributed by atoms with E-state index in [9.17, 15) is 13.2 Å². The second-order valence-corrected chi connectivity index (χ2v) is 8.05. The van der Waals surface area contributed by atoms with E-state index in [2.05, 4.69) is 36.6 Å². The molecule has 27 heavy (non-hydrogen) atoms. The van der Waals surface area contributed by atoms with Crippen molar-refractivity contribution in [2.24, 2.45) is 12.5 Å². The first-order valence-corrected chi connectivity index (χ1v) is 9.06. The Kier molecular flexibility index (Phi) is 4.79. The van der Waals surface area contributed by atoms with Gasteiger partial charge < -0.3 is 0 Å². The molecule has 0 aliphatic carbocycles. The van der Waals surface area contributed by atoms with Crippen LogP contribution in [0.4, 0.5) is 13.2 Å². The predicted octanol–water partition coefficient (Wildman–Crippen LogP) is 6.08. The zero-order chi connectivity index (χ0) is 20.0. The molecule has 0 atom stereocenters. The summed E-state index contributed by atoms with van der Waals surface area (Å²) < 4.78 is 41.7. The van der Waals surface area contributed by atoms with Crippen LogP contribution in [-0.4, -0.2) is 6.18 Å². The summed E-state index contributed by atoms with van der Waals surface area (Å²) >= 11 is 0. The average Bonchev–Trinajstić information content (AvgIpc) is 2.56. The summed E-state index contributed by atoms with van der Waals surface area (Å²) in [5.74, 6) is 0. The standard InChI is InChI=1S/C23H25F3N/c1-15-6-7-16(2)19(12-15)21-11-9-18-13-17(8-10-20(18)27(21)5)14-22(3,4)23(24,25)26/h6-13H,14H2,1-5H3/q+1. The summed E-state index contributed by atoms with van der Waals surface area (Å²) in [7, 11) is 2.00. The zero-order valence-corrected chi connectivity index (χ0v) is 16.4. The van der Waals surface area contributed by atoms with Crippen molar-refractivity contribution in [2.75, 3.05) is 0 Å². The summed E-state index contributed by atoms with van der Waals surface area (Å²) in [6, 6.07) is 16.0. The summed E-state index contributed by atoms with van der Waals surface area (Å²) in [6.45, 7) is 6.65. The maximum atomic E-state index is 13.2. The van der Waals surface area contributed by atoms with Crippen molar-refractivity contribution in [3.05, 3.63) is 65.2 Å². The van der Waals surface area contributed by atoms with E-state index in [-0.39, 0.29) is 6.42 Å². The highest BCUT2D eigenvalue weighted by molar-refractivity contribution is 5.78. The smallest absolute Gasteiger partial charge is 0.194 e. The lowest BCUT2D eigenvalue weighted by atomic mass is 9.85. The summed E-state index contributed by atoms with van der Waals surface area (Å²) in [6.07, 6.45) is -4.26. The fourth-order valence-electron chi connectivity index (χ4n) is 3.46. The molecule has 0 saturated carbocycles. The molecule has 3 rings (SSSR count). The van der Waals surface area contributed by atoms with Gasteiger partial charge in [-0.1, -0.05) is 37.6 Å². The van der Waals surface area contributed by atoms with Crippen molar-refractivity contribution in [2.45, 2.75) is 40.3 Å². The first kappa shape index (κ1) is 19.4. The number of aryl methyl sites for hydroxylation is 3. The van der Waals surface area contributed by atoms with Gasteiger partial charge in [0.25, 0.3) is 0 Å². The normalized spacial score (nSPS) is 12.6. The van der Waals surface area contributed by atoms with Gasteiger partial charge in [0.15, 0.2) is 0 Å². The molecule has 2 aromatic carbocycles. The molecule has 0 aliphatic rings. The van der Waals surface area contributed by atoms with Crippen molar-refractivity contribution < 1.29 is 17.7 Å². The van der Waals surface area contributed by atoms with E-state index in [4.69, 9.17) is 0 Å². The molecule has 0 aliphatic heterocycles. The number of rotatable bonds is 3. The van der Waals surface area contributed by atoms with Gasteiger partial charge in [-0.2, -0.15) is 17.7 Å². The SMILES string of the molecule is Cc1ccc(C)c(-c2ccc3cc(CC(C)(C)C(F)(F)F)ccc3[n+]2C)c1. The van der Waals surface area contributed by atoms with E-state index in [1.54, 1.807) is 0 Å². The van der Waals surface area contributed by atoms with Crippen LogP contribution in [0, 0.1) is 19.3 Å². The van der Waals surface area contributed by atoms with Crippen molar-refractivity contribution >= 4 is 10.9 Å². The molecule has 0 saturated heterocycles. The van der Waals surface area contributed by atoms with Gasteiger partial charge in [-0.25, -0.2) is 0 Å². The summed E-state index contributed by atoms with van der Waals surface area (Å²) in [5, 5.41) is 0.946. The maximum Gasteiger partial charge on any atom is 0.394 e. The van der Waals surface area contributed by atoms with Crippen molar-refractivity contribution in [3.63, 3.8) is 0 Å². The lowest BCUT2D eigenvalue weighted by Crippen LogP contribution is -2.34. The average molecular weight is 372 g/mol. The van der Waals surface area contributed by atoms with Crippen molar-refractivity contribution in [3.8, 4) is 11.3 Å². The highest BCUT2D eigenvalue weighted by atomic mass is 19.4. The molecular weight excluding hydrogens is 347 g/mol. The highest BCUT2D eigenvalue weighted by Crippen LogP contribution is 2.40. The monoisotopic (exact) mass is 372 g/mol. The van der Waals surface area contributed by atoms with Gasteiger partial charge in [-0.15, -0.1) is 0 Å². The molecule has 1 aromatic heterocycles. The van der Waals surface area contributed by atoms with Crippen molar-refractivity contribution in [1.29, 1.82) is 0 Å². The number of hydrogen-bond donors (Lipinski definition) is 0. The molecule has 0 radical (unpaired) electrons. The quantitative estimate of drug-likeness (QED) is 0.491. The Balaban J connectivity index is 2.05. The number of benzene rings is 2. The Morgan fingerprint density at radius 3 is 2.26 bits per heavy atom. The maximum absolute atomic E-state index is 13.2. The van der Waals surface area contributed by atoms with E-state index in [0.717, 1.165) is 16.6 Å². The van der Waals surface area contributed by atoms with Crippen LogP contribution in [0.2, 0.25) is 0 Å². The molecule has 0 unspecified atom stereocenters. The van der Waals surface area contributed by atoms with Gasteiger partial charge in [0.05, 0.1) is 5.41 Å². The number of fused-ring (bicyclic) bond motifs is 1. The van der Waals surface area contributed by atoms with Crippen molar-refractivity contribution in [1.82, 2.24) is 0 Å². The van der Waals surface area contributed by atoms with Crippen LogP contribution in [0.5, 0.6) is 0 Å². The molecule has 0 bridgehead atoms. The Morgan fingerprint density at radius 1 is 0.889 bits per heavy atom. The second kappa shape index (κ2) is 6.66. The fourth-order valence-corrected chi connectivity index (χ4v) is 3.46. The van der Waals surface area contributed by atoms with Crippen LogP contribution in [0.1, 0.15) is 30.5 Å². The third-order valence-corrected chi connectivity index (χ3v) is 5.32. The number of halogens is 3. The molecule has 4 heteroatoms. The van der Waals surface area contributed by atoms with Crippen LogP contribution in [0.25, 0.3) is 22.2 Å². The number of pyridine rings is 1. The summed E-state index contributed by atoms with van der Waals surface area (Å²) in [5.41, 5.74) is 4.60. The molecule has 0 fully saturated rings. The van der Waals surface area contributed by atoms with Gasteiger partial charge in [-0.05, 0) is 49.6 Å². The fraction of sp³-hybridized carbons (Fsp3) is 0.348. The van der Waals surface area contributed by atoms with Crippen LogP contribution < -0.4 is 4.57 Å². The third-order valence-electron chi connectivity index (χ3n) is 5.32. The van der Waals surface area contributed by atoms with Gasteiger partial charge >= 0.3 is 6.18 Å². The van der Waals surface area contributed by atoms with Gasteiger partial charge in [-0.3, -0.25) is 0 Å². The first-order valence-electron chi connectivity index (χ1n) is 9.06. The van der Waals surface area contributed by atoms with E-state index < -0.39 is 11.6 Å². The number of aromatic nitrogens is 1. The minimum absolute atomic E-state index is 0.0328.